The summed E-state index contributed by atoms with van der Waals surface area (Å²) in [6.45, 7) is 3.65. The Morgan fingerprint density at radius 3 is 2.47 bits per heavy atom. The molecule has 0 aliphatic carbocycles. The molecule has 1 aromatic heterocycles. The maximum atomic E-state index is 12.5. The molecule has 4 rings (SSSR count). The molecule has 2 aromatic rings. The highest BCUT2D eigenvalue weighted by molar-refractivity contribution is 6.01. The van der Waals surface area contributed by atoms with Gasteiger partial charge in [0.15, 0.2) is 0 Å². The lowest BCUT2D eigenvalue weighted by molar-refractivity contribution is -0.131. The number of amides is 4. The van der Waals surface area contributed by atoms with Gasteiger partial charge in [-0.05, 0) is 30.7 Å². The monoisotopic (exact) mass is 436 g/mol. The van der Waals surface area contributed by atoms with E-state index in [4.69, 9.17) is 0 Å². The van der Waals surface area contributed by atoms with Crippen LogP contribution >= 0.6 is 0 Å². The largest absolute Gasteiger partial charge is 0.353 e. The number of rotatable bonds is 6. The predicted octanol–water partition coefficient (Wildman–Crippen LogP) is 2.07. The lowest BCUT2D eigenvalue weighted by atomic mass is 10.2. The minimum atomic E-state index is -0.392. The molecule has 4 amide bonds. The molecule has 0 spiro atoms. The molecule has 9 heteroatoms. The van der Waals surface area contributed by atoms with Crippen LogP contribution in [-0.2, 0) is 9.59 Å². The van der Waals surface area contributed by atoms with Crippen molar-refractivity contribution in [3.63, 3.8) is 0 Å². The maximum absolute atomic E-state index is 12.5. The van der Waals surface area contributed by atoms with Crippen LogP contribution in [0.25, 0.3) is 0 Å². The van der Waals surface area contributed by atoms with Gasteiger partial charge in [-0.25, -0.2) is 9.78 Å². The van der Waals surface area contributed by atoms with Crippen molar-refractivity contribution in [1.82, 2.24) is 15.2 Å². The van der Waals surface area contributed by atoms with Gasteiger partial charge in [-0.15, -0.1) is 0 Å². The van der Waals surface area contributed by atoms with E-state index in [9.17, 15) is 14.4 Å². The third-order valence-electron chi connectivity index (χ3n) is 5.75. The summed E-state index contributed by atoms with van der Waals surface area (Å²) in [6.07, 6.45) is 3.35. The van der Waals surface area contributed by atoms with Gasteiger partial charge in [-0.1, -0.05) is 18.2 Å². The summed E-state index contributed by atoms with van der Waals surface area (Å²) in [4.78, 5) is 47.0. The molecule has 0 bridgehead atoms. The van der Waals surface area contributed by atoms with Crippen LogP contribution in [0.15, 0.2) is 48.7 Å². The fraction of sp³-hybridized carbons (Fsp3) is 0.391. The average Bonchev–Trinajstić information content (AvgIpc) is 3.25. The number of nitrogens with one attached hydrogen (secondary N) is 2. The minimum Gasteiger partial charge on any atom is -0.353 e. The number of hydrogen-bond acceptors (Lipinski definition) is 5. The Hall–Kier alpha value is -3.62. The third kappa shape index (κ3) is 5.16. The molecule has 0 saturated carbocycles. The minimum absolute atomic E-state index is 0.0223. The Bertz CT molecular complexity index is 959. The Morgan fingerprint density at radius 2 is 1.75 bits per heavy atom. The number of urea groups is 1. The maximum Gasteiger partial charge on any atom is 0.319 e. The second-order valence-electron chi connectivity index (χ2n) is 7.85. The summed E-state index contributed by atoms with van der Waals surface area (Å²) in [5, 5.41) is 5.55. The van der Waals surface area contributed by atoms with E-state index in [-0.39, 0.29) is 24.8 Å². The zero-order chi connectivity index (χ0) is 22.3. The number of carbonyl (C=O) groups excluding carboxylic acids is 3. The quantitative estimate of drug-likeness (QED) is 0.723. The van der Waals surface area contributed by atoms with E-state index >= 15 is 0 Å². The zero-order valence-electron chi connectivity index (χ0n) is 18.0. The number of piperazine rings is 1. The lowest BCUT2D eigenvalue weighted by Gasteiger charge is -2.35. The first-order chi connectivity index (χ1) is 15.6. The van der Waals surface area contributed by atoms with Gasteiger partial charge in [0.1, 0.15) is 5.82 Å². The second kappa shape index (κ2) is 10.1. The highest BCUT2D eigenvalue weighted by Crippen LogP contribution is 2.29. The molecule has 9 nitrogen and oxygen atoms in total. The van der Waals surface area contributed by atoms with Gasteiger partial charge in [0, 0.05) is 58.3 Å². The molecule has 0 atom stereocenters. The van der Waals surface area contributed by atoms with Crippen LogP contribution < -0.4 is 20.4 Å². The fourth-order valence-corrected chi connectivity index (χ4v) is 4.05. The first-order valence-electron chi connectivity index (χ1n) is 11.0. The number of benzene rings is 1. The molecule has 32 heavy (non-hydrogen) atoms. The van der Waals surface area contributed by atoms with Crippen molar-refractivity contribution in [2.24, 2.45) is 0 Å². The first kappa shape index (κ1) is 21.6. The van der Waals surface area contributed by atoms with Crippen LogP contribution in [-0.4, -0.2) is 67.0 Å². The number of pyridine rings is 1. The smallest absolute Gasteiger partial charge is 0.319 e. The third-order valence-corrected chi connectivity index (χ3v) is 5.75. The molecule has 2 N–H and O–H groups in total. The van der Waals surface area contributed by atoms with Crippen molar-refractivity contribution >= 4 is 35.0 Å². The summed E-state index contributed by atoms with van der Waals surface area (Å²) < 4.78 is 0. The molecule has 2 aliphatic heterocycles. The van der Waals surface area contributed by atoms with E-state index in [1.807, 2.05) is 41.3 Å². The van der Waals surface area contributed by atoms with Crippen LogP contribution in [0, 0.1) is 0 Å². The van der Waals surface area contributed by atoms with Crippen molar-refractivity contribution in [2.75, 3.05) is 54.4 Å². The number of aromatic nitrogens is 1. The summed E-state index contributed by atoms with van der Waals surface area (Å²) in [7, 11) is 0. The van der Waals surface area contributed by atoms with Gasteiger partial charge in [0.25, 0.3) is 0 Å². The van der Waals surface area contributed by atoms with Crippen molar-refractivity contribution in [3.05, 3.63) is 48.7 Å². The molecule has 2 aliphatic rings. The van der Waals surface area contributed by atoms with Gasteiger partial charge >= 0.3 is 6.03 Å². The van der Waals surface area contributed by atoms with E-state index in [1.165, 1.54) is 0 Å². The van der Waals surface area contributed by atoms with Crippen LogP contribution in [0.3, 0.4) is 0 Å². The summed E-state index contributed by atoms with van der Waals surface area (Å²) in [5.74, 6) is 1.01. The SMILES string of the molecule is O=C(NCCC(=O)N1CCN(c2ccccn2)CC1)Nc1ccccc1N1CCCC1=O. The Labute approximate surface area is 187 Å². The average molecular weight is 437 g/mol. The van der Waals surface area contributed by atoms with Gasteiger partial charge in [0.2, 0.25) is 11.8 Å². The highest BCUT2D eigenvalue weighted by atomic mass is 16.2. The number of carbonyl (C=O) groups is 3. The summed E-state index contributed by atoms with van der Waals surface area (Å²) in [6, 6.07) is 12.7. The number of anilines is 3. The van der Waals surface area contributed by atoms with Crippen LogP contribution in [0.5, 0.6) is 0 Å². The predicted molar refractivity (Wildman–Crippen MR) is 123 cm³/mol. The van der Waals surface area contributed by atoms with Crippen molar-refractivity contribution in [1.29, 1.82) is 0 Å². The molecule has 168 valence electrons. The Morgan fingerprint density at radius 1 is 0.969 bits per heavy atom. The molecule has 2 fully saturated rings. The fourth-order valence-electron chi connectivity index (χ4n) is 4.05. The van der Waals surface area contributed by atoms with Crippen molar-refractivity contribution in [2.45, 2.75) is 19.3 Å². The van der Waals surface area contributed by atoms with E-state index < -0.39 is 6.03 Å². The normalized spacial score (nSPS) is 16.2. The molecule has 2 saturated heterocycles. The van der Waals surface area contributed by atoms with Crippen LogP contribution in [0.4, 0.5) is 22.0 Å². The molecule has 3 heterocycles. The van der Waals surface area contributed by atoms with Crippen molar-refractivity contribution < 1.29 is 14.4 Å². The molecular formula is C23H28N6O3. The van der Waals surface area contributed by atoms with E-state index in [2.05, 4.69) is 20.5 Å². The van der Waals surface area contributed by atoms with E-state index in [1.54, 1.807) is 17.2 Å². The number of hydrogen-bond donors (Lipinski definition) is 2. The lowest BCUT2D eigenvalue weighted by Crippen LogP contribution is -2.49. The number of para-hydroxylation sites is 2. The van der Waals surface area contributed by atoms with Crippen LogP contribution in [0.1, 0.15) is 19.3 Å². The molecule has 1 aromatic carbocycles. The standard InChI is InChI=1S/C23H28N6O3/c30-21(28-16-14-27(15-17-28)20-8-3-4-11-24-20)10-12-25-23(32)26-18-6-1-2-7-19(18)29-13-5-9-22(29)31/h1-4,6-8,11H,5,9-10,12-17H2,(H2,25,26,32). The van der Waals surface area contributed by atoms with E-state index in [0.717, 1.165) is 25.3 Å². The van der Waals surface area contributed by atoms with Gasteiger partial charge in [-0.2, -0.15) is 0 Å². The topological polar surface area (TPSA) is 97.9 Å². The summed E-state index contributed by atoms with van der Waals surface area (Å²) in [5.41, 5.74) is 1.28. The van der Waals surface area contributed by atoms with Gasteiger partial charge in [-0.3, -0.25) is 9.59 Å². The highest BCUT2D eigenvalue weighted by Gasteiger charge is 2.24. The van der Waals surface area contributed by atoms with Gasteiger partial charge < -0.3 is 25.3 Å². The summed E-state index contributed by atoms with van der Waals surface area (Å²) >= 11 is 0. The molecule has 0 radical (unpaired) electrons. The molecular weight excluding hydrogens is 408 g/mol. The number of nitrogens with zero attached hydrogens (tertiary/aromatic N) is 4. The Kier molecular flexibility index (Phi) is 6.84. The van der Waals surface area contributed by atoms with Gasteiger partial charge in [0.05, 0.1) is 11.4 Å². The van der Waals surface area contributed by atoms with Crippen molar-refractivity contribution in [3.8, 4) is 0 Å². The first-order valence-corrected chi connectivity index (χ1v) is 11.0. The van der Waals surface area contributed by atoms with E-state index in [0.29, 0.717) is 37.4 Å². The zero-order valence-corrected chi connectivity index (χ0v) is 18.0. The Balaban J connectivity index is 1.21. The van der Waals surface area contributed by atoms with Crippen LogP contribution in [0.2, 0.25) is 0 Å². The second-order valence-corrected chi connectivity index (χ2v) is 7.85. The molecule has 0 unspecified atom stereocenters.